The predicted molar refractivity (Wildman–Crippen MR) is 82.0 cm³/mol. The molecule has 0 radical (unpaired) electrons. The first-order chi connectivity index (χ1) is 11.2. The number of rotatable bonds is 1. The van der Waals surface area contributed by atoms with Crippen molar-refractivity contribution in [2.75, 3.05) is 0 Å². The van der Waals surface area contributed by atoms with Gasteiger partial charge in [-0.1, -0.05) is 11.8 Å². The van der Waals surface area contributed by atoms with E-state index in [4.69, 9.17) is 4.42 Å². The van der Waals surface area contributed by atoms with Crippen molar-refractivity contribution in [3.8, 4) is 11.8 Å². The lowest BCUT2D eigenvalue weighted by molar-refractivity contribution is 0.100. The van der Waals surface area contributed by atoms with Crippen LogP contribution in [-0.2, 0) is 11.5 Å². The number of nitrogens with zero attached hydrogens (tertiary/aromatic N) is 2. The number of hydrogen-bond donors (Lipinski definition) is 1. The number of nitrogens with one attached hydrogen (secondary N) is 1. The zero-order valence-electron chi connectivity index (χ0n) is 11.4. The molecule has 3 rings (SSSR count). The van der Waals surface area contributed by atoms with E-state index in [1.54, 1.807) is 18.2 Å². The molecule has 2 heterocycles. The Morgan fingerprint density at radius 3 is 2.87 bits per heavy atom. The van der Waals surface area contributed by atoms with Crippen LogP contribution in [-0.4, -0.2) is 20.1 Å². The van der Waals surface area contributed by atoms with Crippen LogP contribution in [0, 0.1) is 11.8 Å². The number of fused-ring (bicyclic) bond motifs is 1. The van der Waals surface area contributed by atoms with Gasteiger partial charge in [0.05, 0.1) is 11.1 Å². The molecule has 3 aromatic rings. The molecule has 0 unspecified atom stereocenters. The van der Waals surface area contributed by atoms with Crippen LogP contribution in [0.3, 0.4) is 0 Å². The average molecular weight is 325 g/mol. The van der Waals surface area contributed by atoms with Crippen LogP contribution in [0.5, 0.6) is 0 Å². The fourth-order valence-electron chi connectivity index (χ4n) is 1.89. The van der Waals surface area contributed by atoms with Gasteiger partial charge in [-0.05, 0) is 24.3 Å². The van der Waals surface area contributed by atoms with E-state index in [-0.39, 0.29) is 17.0 Å². The maximum Gasteiger partial charge on any atom is 0.417 e. The second kappa shape index (κ2) is 6.21. The highest BCUT2D eigenvalue weighted by atomic mass is 32.1. The topological polar surface area (TPSA) is 105 Å². The molecule has 8 heteroatoms. The zero-order chi connectivity index (χ0) is 16.2. The van der Waals surface area contributed by atoms with Crippen molar-refractivity contribution in [2.45, 2.75) is 0 Å². The third kappa shape index (κ3) is 3.30. The Kier molecular flexibility index (Phi) is 3.95. The minimum Gasteiger partial charge on any atom is -0.408 e. The second-order valence-electron chi connectivity index (χ2n) is 4.41. The summed E-state index contributed by atoms with van der Waals surface area (Å²) in [6, 6.07) is 6.52. The minimum absolute atomic E-state index is 0.153. The summed E-state index contributed by atoms with van der Waals surface area (Å²) < 4.78 is 18.4. The number of carbonyl (C=O) groups is 1. The molecular formula is C15H7N3O4S. The van der Waals surface area contributed by atoms with Gasteiger partial charge in [-0.2, -0.15) is 4.21 Å². The standard InChI is InChI=1S/C15H7N3O4S/c19-14(18-23-21)11-5-10(7-16-8-11)2-1-9-3-4-13-12(6-9)17-15(20)22-13/h3-8H,(H,17,20). The van der Waals surface area contributed by atoms with Crippen LogP contribution in [0.4, 0.5) is 0 Å². The molecule has 0 saturated heterocycles. The van der Waals surface area contributed by atoms with Crippen molar-refractivity contribution in [2.24, 2.45) is 4.36 Å². The molecule has 1 N–H and O–H groups in total. The number of aromatic amines is 1. The highest BCUT2D eigenvalue weighted by Crippen LogP contribution is 2.11. The van der Waals surface area contributed by atoms with E-state index in [2.05, 4.69) is 26.2 Å². The van der Waals surface area contributed by atoms with Crippen LogP contribution in [0.2, 0.25) is 0 Å². The lowest BCUT2D eigenvalue weighted by atomic mass is 10.1. The largest absolute Gasteiger partial charge is 0.417 e. The first-order valence-corrected chi connectivity index (χ1v) is 7.00. The van der Waals surface area contributed by atoms with Crippen LogP contribution in [0.15, 0.2) is 50.2 Å². The molecule has 0 saturated carbocycles. The van der Waals surface area contributed by atoms with Gasteiger partial charge in [0, 0.05) is 23.5 Å². The maximum atomic E-state index is 11.5. The number of amides is 1. The number of oxazole rings is 1. The molecule has 0 aliphatic carbocycles. The summed E-state index contributed by atoms with van der Waals surface area (Å²) >= 11 is -0.153. The number of pyridine rings is 1. The Balaban J connectivity index is 1.93. The Morgan fingerprint density at radius 2 is 2.04 bits per heavy atom. The van der Waals surface area contributed by atoms with Gasteiger partial charge in [-0.3, -0.25) is 14.8 Å². The lowest BCUT2D eigenvalue weighted by Gasteiger charge is -1.94. The number of hydrogen-bond acceptors (Lipinski definition) is 5. The third-order valence-electron chi connectivity index (χ3n) is 2.88. The van der Waals surface area contributed by atoms with Crippen molar-refractivity contribution in [3.63, 3.8) is 0 Å². The Hall–Kier alpha value is -3.31. The molecule has 1 aromatic carbocycles. The summed E-state index contributed by atoms with van der Waals surface area (Å²) in [6.07, 6.45) is 2.81. The number of H-pyrrole nitrogens is 1. The van der Waals surface area contributed by atoms with Crippen LogP contribution in [0.1, 0.15) is 21.5 Å². The van der Waals surface area contributed by atoms with Gasteiger partial charge >= 0.3 is 5.76 Å². The van der Waals surface area contributed by atoms with Gasteiger partial charge < -0.3 is 4.42 Å². The highest BCUT2D eigenvalue weighted by Gasteiger charge is 2.05. The average Bonchev–Trinajstić information content (AvgIpc) is 2.92. The summed E-state index contributed by atoms with van der Waals surface area (Å²) in [5.74, 6) is 4.57. The summed E-state index contributed by atoms with van der Waals surface area (Å²) in [7, 11) is 0. The summed E-state index contributed by atoms with van der Waals surface area (Å²) in [6.45, 7) is 0. The summed E-state index contributed by atoms with van der Waals surface area (Å²) in [4.78, 5) is 29.0. The van der Waals surface area contributed by atoms with Gasteiger partial charge in [0.25, 0.3) is 5.91 Å². The number of carbonyl (C=O) groups excluding carboxylic acids is 1. The summed E-state index contributed by atoms with van der Waals surface area (Å²) in [5, 5.41) is 0. The van der Waals surface area contributed by atoms with Gasteiger partial charge in [-0.25, -0.2) is 4.79 Å². The van der Waals surface area contributed by atoms with Gasteiger partial charge in [0.15, 0.2) is 5.58 Å². The smallest absolute Gasteiger partial charge is 0.408 e. The molecule has 112 valence electrons. The Labute approximate surface area is 132 Å². The molecule has 23 heavy (non-hydrogen) atoms. The van der Waals surface area contributed by atoms with Crippen molar-refractivity contribution in [1.82, 2.24) is 9.97 Å². The Bertz CT molecular complexity index is 1080. The fourth-order valence-corrected chi connectivity index (χ4v) is 2.06. The number of benzene rings is 1. The van der Waals surface area contributed by atoms with Crippen molar-refractivity contribution < 1.29 is 13.4 Å². The Morgan fingerprint density at radius 1 is 1.22 bits per heavy atom. The van der Waals surface area contributed by atoms with Gasteiger partial charge in [0.1, 0.15) is 0 Å². The van der Waals surface area contributed by atoms with Crippen molar-refractivity contribution >= 4 is 28.5 Å². The van der Waals surface area contributed by atoms with Crippen molar-refractivity contribution in [3.05, 3.63) is 63.9 Å². The van der Waals surface area contributed by atoms with E-state index in [0.717, 1.165) is 0 Å². The van der Waals surface area contributed by atoms with Crippen LogP contribution >= 0.6 is 0 Å². The van der Waals surface area contributed by atoms with Crippen LogP contribution < -0.4 is 5.76 Å². The molecule has 1 amide bonds. The van der Waals surface area contributed by atoms with Crippen molar-refractivity contribution in [1.29, 1.82) is 0 Å². The van der Waals surface area contributed by atoms with E-state index in [1.807, 2.05) is 0 Å². The molecule has 0 aliphatic rings. The quantitative estimate of drug-likeness (QED) is 0.682. The maximum absolute atomic E-state index is 11.5. The first kappa shape index (κ1) is 14.6. The SMILES string of the molecule is O=S=NC(=O)c1cncc(C#Cc2ccc3oc(=O)[nH]c3c2)c1. The third-order valence-corrected chi connectivity index (χ3v) is 3.12. The van der Waals surface area contributed by atoms with Crippen LogP contribution in [0.25, 0.3) is 11.1 Å². The molecule has 2 aromatic heterocycles. The normalized spacial score (nSPS) is 9.91. The van der Waals surface area contributed by atoms with Gasteiger partial charge in [-0.15, -0.1) is 4.36 Å². The van der Waals surface area contributed by atoms with E-state index < -0.39 is 11.7 Å². The first-order valence-electron chi connectivity index (χ1n) is 6.30. The van der Waals surface area contributed by atoms with E-state index >= 15 is 0 Å². The highest BCUT2D eigenvalue weighted by molar-refractivity contribution is 7.55. The molecule has 0 fully saturated rings. The molecule has 7 nitrogen and oxygen atoms in total. The van der Waals surface area contributed by atoms with E-state index in [9.17, 15) is 13.8 Å². The predicted octanol–water partition coefficient (Wildman–Crippen LogP) is 1.45. The molecule has 0 aliphatic heterocycles. The summed E-state index contributed by atoms with van der Waals surface area (Å²) in [5.41, 5.74) is 2.35. The lowest BCUT2D eigenvalue weighted by Crippen LogP contribution is -1.95. The zero-order valence-corrected chi connectivity index (χ0v) is 12.2. The van der Waals surface area contributed by atoms with E-state index in [0.29, 0.717) is 22.2 Å². The van der Waals surface area contributed by atoms with Gasteiger partial charge in [0.2, 0.25) is 11.5 Å². The molecule has 0 atom stereocenters. The molecular weight excluding hydrogens is 318 g/mol. The fraction of sp³-hybridized carbons (Fsp3) is 0. The molecule has 0 bridgehead atoms. The molecule has 0 spiro atoms. The number of aromatic nitrogens is 2. The minimum atomic E-state index is -0.654. The van der Waals surface area contributed by atoms with E-state index in [1.165, 1.54) is 18.5 Å². The monoisotopic (exact) mass is 325 g/mol. The second-order valence-corrected chi connectivity index (χ2v) is 4.74.